The van der Waals surface area contributed by atoms with Crippen molar-refractivity contribution in [2.45, 2.75) is 124 Å². The van der Waals surface area contributed by atoms with Crippen LogP contribution in [0.5, 0.6) is 11.5 Å². The lowest BCUT2D eigenvalue weighted by molar-refractivity contribution is -0.376. The van der Waals surface area contributed by atoms with Crippen molar-refractivity contribution in [2.24, 2.45) is 4.99 Å². The fourth-order valence-corrected chi connectivity index (χ4v) is 5.05. The standard InChI is InChI=1S/C31H37F6N3O5.C4H8.C2H6/c1-7-8-21-15-23(29(43,30(32,33)34)31(35,36)37)11-14-25(21)45-20(5)38-19(4)17-40-26(41)16-28(6,39-27(40)42)22-9-12-24(13-10-22)44-18(2)3;1-3-4-2;1-2/h9-15,18-19,43H,7-8,16-17H2,1-6H3,(H,39,42);3H,1,4H2,2H3;1-2H3. The van der Waals surface area contributed by atoms with Crippen LogP contribution in [-0.4, -0.2) is 58.9 Å². The van der Waals surface area contributed by atoms with Crippen molar-refractivity contribution in [2.75, 3.05) is 6.54 Å². The topological polar surface area (TPSA) is 100 Å². The second-order valence-electron chi connectivity index (χ2n) is 12.2. The van der Waals surface area contributed by atoms with Gasteiger partial charge in [0.2, 0.25) is 5.91 Å². The highest BCUT2D eigenvalue weighted by Gasteiger charge is 2.71. The number of benzene rings is 2. The zero-order valence-corrected chi connectivity index (χ0v) is 30.8. The number of carbonyl (C=O) groups is 2. The summed E-state index contributed by atoms with van der Waals surface area (Å²) >= 11 is 0. The molecule has 1 saturated heterocycles. The molecule has 3 amide bonds. The van der Waals surface area contributed by atoms with Crippen LogP contribution in [0.15, 0.2) is 60.1 Å². The average Bonchev–Trinajstić information content (AvgIpc) is 3.03. The van der Waals surface area contributed by atoms with E-state index in [2.05, 4.69) is 23.8 Å². The largest absolute Gasteiger partial charge is 0.491 e. The second kappa shape index (κ2) is 19.0. The van der Waals surface area contributed by atoms with Crippen LogP contribution in [0.1, 0.15) is 98.3 Å². The number of amides is 3. The minimum atomic E-state index is -6.02. The summed E-state index contributed by atoms with van der Waals surface area (Å²) in [4.78, 5) is 31.4. The zero-order valence-electron chi connectivity index (χ0n) is 30.8. The molecular formula is C37H51F6N3O5. The number of allylic oxidation sites excluding steroid dienone is 1. The van der Waals surface area contributed by atoms with E-state index in [0.717, 1.165) is 17.4 Å². The SMILES string of the molecule is C=CCC.CC.CCCc1cc(C(O)(C(F)(F)F)C(F)(F)F)ccc1OC(C)=NC(C)CN1C(=O)CC(C)(c2ccc(OC(C)C)cc2)NC1=O. The first kappa shape index (κ1) is 45.0. The Kier molecular flexibility index (Phi) is 16.7. The number of ether oxygens (including phenoxy) is 2. The van der Waals surface area contributed by atoms with Gasteiger partial charge in [0.05, 0.1) is 30.7 Å². The van der Waals surface area contributed by atoms with E-state index in [0.29, 0.717) is 29.9 Å². The fraction of sp³-hybridized carbons (Fsp3) is 0.541. The molecule has 2 atom stereocenters. The first-order valence-corrected chi connectivity index (χ1v) is 16.9. The van der Waals surface area contributed by atoms with Crippen molar-refractivity contribution in [1.29, 1.82) is 0 Å². The van der Waals surface area contributed by atoms with Crippen LogP contribution >= 0.6 is 0 Å². The number of nitrogens with zero attached hydrogens (tertiary/aromatic N) is 2. The van der Waals surface area contributed by atoms with Gasteiger partial charge in [-0.25, -0.2) is 4.79 Å². The predicted molar refractivity (Wildman–Crippen MR) is 186 cm³/mol. The maximum Gasteiger partial charge on any atom is 0.430 e. The Labute approximate surface area is 296 Å². The molecule has 1 aliphatic heterocycles. The first-order valence-electron chi connectivity index (χ1n) is 16.9. The number of halogens is 6. The zero-order chi connectivity index (χ0) is 39.4. The van der Waals surface area contributed by atoms with Gasteiger partial charge in [0.1, 0.15) is 11.5 Å². The Balaban J connectivity index is 0.00000202. The molecule has 14 heteroatoms. The molecule has 3 rings (SSSR count). The summed E-state index contributed by atoms with van der Waals surface area (Å²) in [6.45, 7) is 19.6. The molecule has 2 N–H and O–H groups in total. The fourth-order valence-electron chi connectivity index (χ4n) is 5.05. The lowest BCUT2D eigenvalue weighted by Gasteiger charge is -2.39. The summed E-state index contributed by atoms with van der Waals surface area (Å²) in [5.74, 6) is 0.159. The van der Waals surface area contributed by atoms with Gasteiger partial charge in [-0.1, -0.05) is 58.4 Å². The van der Waals surface area contributed by atoms with Crippen LogP contribution in [0, 0.1) is 0 Å². The van der Waals surface area contributed by atoms with Gasteiger partial charge in [-0.05, 0) is 75.9 Å². The molecule has 0 aromatic heterocycles. The monoisotopic (exact) mass is 731 g/mol. The molecule has 0 saturated carbocycles. The van der Waals surface area contributed by atoms with Gasteiger partial charge in [0.15, 0.2) is 5.90 Å². The molecule has 51 heavy (non-hydrogen) atoms. The average molecular weight is 732 g/mol. The second-order valence-corrected chi connectivity index (χ2v) is 12.2. The molecule has 8 nitrogen and oxygen atoms in total. The van der Waals surface area contributed by atoms with E-state index in [1.807, 2.05) is 33.8 Å². The lowest BCUT2D eigenvalue weighted by atomic mass is 9.86. The van der Waals surface area contributed by atoms with Crippen molar-refractivity contribution < 1.29 is 50.5 Å². The number of rotatable bonds is 11. The number of aryl methyl sites for hydroxylation is 1. The highest BCUT2D eigenvalue weighted by Crippen LogP contribution is 2.50. The van der Waals surface area contributed by atoms with Crippen LogP contribution in [0.2, 0.25) is 0 Å². The Morgan fingerprint density at radius 2 is 1.59 bits per heavy atom. The normalized spacial score (nSPS) is 17.4. The van der Waals surface area contributed by atoms with E-state index in [9.17, 15) is 41.0 Å². The first-order chi connectivity index (χ1) is 23.6. The third-order valence-electron chi connectivity index (χ3n) is 7.51. The molecule has 0 aliphatic carbocycles. The number of nitrogens with one attached hydrogen (secondary N) is 1. The number of hydrogen-bond acceptors (Lipinski definition) is 6. The van der Waals surface area contributed by atoms with Crippen LogP contribution in [0.3, 0.4) is 0 Å². The summed E-state index contributed by atoms with van der Waals surface area (Å²) in [5.41, 5.74) is -6.70. The summed E-state index contributed by atoms with van der Waals surface area (Å²) in [5, 5.41) is 12.7. The lowest BCUT2D eigenvalue weighted by Crippen LogP contribution is -2.60. The summed E-state index contributed by atoms with van der Waals surface area (Å²) in [6, 6.07) is 7.81. The number of aliphatic hydroxyl groups is 1. The predicted octanol–water partition coefficient (Wildman–Crippen LogP) is 9.39. The van der Waals surface area contributed by atoms with Crippen molar-refractivity contribution in [3.8, 4) is 11.5 Å². The van der Waals surface area contributed by atoms with Crippen molar-refractivity contribution in [3.63, 3.8) is 0 Å². The highest BCUT2D eigenvalue weighted by atomic mass is 19.4. The molecule has 0 radical (unpaired) electrons. The molecule has 2 unspecified atom stereocenters. The molecule has 1 fully saturated rings. The Morgan fingerprint density at radius 3 is 2.04 bits per heavy atom. The van der Waals surface area contributed by atoms with Gasteiger partial charge in [-0.15, -0.1) is 6.58 Å². The van der Waals surface area contributed by atoms with Crippen LogP contribution in [0.25, 0.3) is 0 Å². The number of alkyl halides is 6. The third kappa shape index (κ3) is 11.7. The quantitative estimate of drug-likeness (QED) is 0.104. The Morgan fingerprint density at radius 1 is 1.04 bits per heavy atom. The van der Waals surface area contributed by atoms with Crippen molar-refractivity contribution >= 4 is 17.8 Å². The number of urea groups is 1. The van der Waals surface area contributed by atoms with E-state index >= 15 is 0 Å². The van der Waals surface area contributed by atoms with Crippen LogP contribution in [-0.2, 0) is 22.4 Å². The van der Waals surface area contributed by atoms with E-state index < -0.39 is 47.0 Å². The van der Waals surface area contributed by atoms with Crippen LogP contribution < -0.4 is 14.8 Å². The van der Waals surface area contributed by atoms with Gasteiger partial charge < -0.3 is 19.9 Å². The van der Waals surface area contributed by atoms with E-state index in [-0.39, 0.29) is 42.7 Å². The van der Waals surface area contributed by atoms with E-state index in [1.165, 1.54) is 6.92 Å². The Bertz CT molecular complexity index is 1440. The molecule has 0 bridgehead atoms. The van der Waals surface area contributed by atoms with Crippen molar-refractivity contribution in [1.82, 2.24) is 10.2 Å². The van der Waals surface area contributed by atoms with Gasteiger partial charge >= 0.3 is 18.4 Å². The third-order valence-corrected chi connectivity index (χ3v) is 7.51. The summed E-state index contributed by atoms with van der Waals surface area (Å²) in [6.07, 6.45) is -8.73. The molecule has 0 spiro atoms. The maximum absolute atomic E-state index is 13.4. The van der Waals surface area contributed by atoms with Gasteiger partial charge in [0.25, 0.3) is 5.60 Å². The molecular weight excluding hydrogens is 680 g/mol. The minimum Gasteiger partial charge on any atom is -0.491 e. The number of aliphatic imine (C=N–C) groups is 1. The summed E-state index contributed by atoms with van der Waals surface area (Å²) in [7, 11) is 0. The molecule has 2 aromatic rings. The van der Waals surface area contributed by atoms with E-state index in [4.69, 9.17) is 9.47 Å². The van der Waals surface area contributed by atoms with Gasteiger partial charge in [-0.3, -0.25) is 14.7 Å². The smallest absolute Gasteiger partial charge is 0.430 e. The van der Waals surface area contributed by atoms with Crippen molar-refractivity contribution in [3.05, 3.63) is 71.8 Å². The molecule has 1 heterocycles. The molecule has 1 aliphatic rings. The minimum absolute atomic E-state index is 0.00204. The van der Waals surface area contributed by atoms with Gasteiger partial charge in [-0.2, -0.15) is 26.3 Å². The maximum atomic E-state index is 13.4. The molecule has 286 valence electrons. The number of carbonyl (C=O) groups excluding carboxylic acids is 2. The molecule has 2 aromatic carbocycles. The number of hydrogen-bond donors (Lipinski definition) is 2. The highest BCUT2D eigenvalue weighted by molar-refractivity contribution is 5.98. The van der Waals surface area contributed by atoms with Crippen LogP contribution in [0.4, 0.5) is 31.1 Å². The summed E-state index contributed by atoms with van der Waals surface area (Å²) < 4.78 is 91.7. The Hall–Kier alpha value is -4.07. The number of imide groups is 1. The van der Waals surface area contributed by atoms with Gasteiger partial charge in [0, 0.05) is 12.5 Å². The van der Waals surface area contributed by atoms with E-state index in [1.54, 1.807) is 45.0 Å².